The first-order chi connectivity index (χ1) is 10.6. The number of amides is 1. The minimum absolute atomic E-state index is 0.166. The fourth-order valence-corrected chi connectivity index (χ4v) is 3.19. The maximum Gasteiger partial charge on any atom is 0.219 e. The van der Waals surface area contributed by atoms with Crippen molar-refractivity contribution in [3.63, 3.8) is 0 Å². The summed E-state index contributed by atoms with van der Waals surface area (Å²) in [6.07, 6.45) is 2.16. The first-order valence-corrected chi connectivity index (χ1v) is 7.93. The monoisotopic (exact) mass is 294 g/mol. The van der Waals surface area contributed by atoms with E-state index in [-0.39, 0.29) is 5.91 Å². The van der Waals surface area contributed by atoms with Crippen LogP contribution in [0.3, 0.4) is 0 Å². The van der Waals surface area contributed by atoms with E-state index in [0.29, 0.717) is 5.92 Å². The van der Waals surface area contributed by atoms with Gasteiger partial charge in [-0.05, 0) is 37.5 Å². The number of benzene rings is 1. The Balaban J connectivity index is 1.88. The quantitative estimate of drug-likeness (QED) is 0.844. The molecule has 1 fully saturated rings. The van der Waals surface area contributed by atoms with Crippen molar-refractivity contribution in [2.75, 3.05) is 13.1 Å². The molecule has 0 spiro atoms. The summed E-state index contributed by atoms with van der Waals surface area (Å²) >= 11 is 0. The Labute approximate surface area is 132 Å². The summed E-state index contributed by atoms with van der Waals surface area (Å²) in [5.74, 6) is 0.515. The van der Waals surface area contributed by atoms with Gasteiger partial charge in [0.15, 0.2) is 0 Å². The number of likely N-dealkylation sites (tertiary alicyclic amines) is 1. The number of hydrogen-bond acceptors (Lipinski definition) is 2. The lowest BCUT2D eigenvalue weighted by Crippen LogP contribution is -2.37. The second kappa shape index (κ2) is 6.30. The van der Waals surface area contributed by atoms with Crippen LogP contribution in [0.4, 0.5) is 0 Å². The highest BCUT2D eigenvalue weighted by atomic mass is 16.2. The van der Waals surface area contributed by atoms with Crippen LogP contribution in [0, 0.1) is 6.92 Å². The van der Waals surface area contributed by atoms with Crippen molar-refractivity contribution in [2.24, 2.45) is 0 Å². The molecule has 1 unspecified atom stereocenters. The van der Waals surface area contributed by atoms with Crippen LogP contribution in [-0.4, -0.2) is 28.9 Å². The number of hydrogen-bond donors (Lipinski definition) is 0. The molecule has 1 aromatic carbocycles. The normalized spacial score (nSPS) is 18.3. The molecule has 1 aromatic heterocycles. The Hall–Kier alpha value is -2.16. The van der Waals surface area contributed by atoms with Crippen molar-refractivity contribution < 1.29 is 4.79 Å². The van der Waals surface area contributed by atoms with E-state index in [2.05, 4.69) is 49.4 Å². The Morgan fingerprint density at radius 1 is 1.18 bits per heavy atom. The van der Waals surface area contributed by atoms with Crippen LogP contribution in [0.2, 0.25) is 0 Å². The predicted molar refractivity (Wildman–Crippen MR) is 88.6 cm³/mol. The molecule has 0 aliphatic carbocycles. The molecule has 3 heteroatoms. The average molecular weight is 294 g/mol. The smallest absolute Gasteiger partial charge is 0.219 e. The molecule has 114 valence electrons. The molecule has 2 aromatic rings. The molecular weight excluding hydrogens is 272 g/mol. The maximum atomic E-state index is 11.6. The molecule has 3 nitrogen and oxygen atoms in total. The minimum Gasteiger partial charge on any atom is -0.342 e. The van der Waals surface area contributed by atoms with E-state index in [1.165, 1.54) is 11.1 Å². The van der Waals surface area contributed by atoms with E-state index in [0.717, 1.165) is 37.3 Å². The lowest BCUT2D eigenvalue weighted by atomic mass is 9.93. The van der Waals surface area contributed by atoms with Crippen LogP contribution in [-0.2, 0) is 4.79 Å². The van der Waals surface area contributed by atoms with E-state index >= 15 is 0 Å². The van der Waals surface area contributed by atoms with Gasteiger partial charge in [0, 0.05) is 37.2 Å². The molecule has 22 heavy (non-hydrogen) atoms. The SMILES string of the molecule is CC(=O)N1CCCC(c2cccc(-c3ccccc3C)n2)C1. The summed E-state index contributed by atoms with van der Waals surface area (Å²) in [4.78, 5) is 18.4. The van der Waals surface area contributed by atoms with Crippen LogP contribution in [0.25, 0.3) is 11.3 Å². The number of carbonyl (C=O) groups is 1. The van der Waals surface area contributed by atoms with E-state index in [9.17, 15) is 4.79 Å². The standard InChI is InChI=1S/C19H22N2O/c1-14-7-3-4-9-17(14)19-11-5-10-18(20-19)16-8-6-12-21(13-16)15(2)22/h3-5,7,9-11,16H,6,8,12-13H2,1-2H3. The van der Waals surface area contributed by atoms with E-state index < -0.39 is 0 Å². The Kier molecular flexibility index (Phi) is 4.23. The summed E-state index contributed by atoms with van der Waals surface area (Å²) in [6, 6.07) is 14.6. The highest BCUT2D eigenvalue weighted by Crippen LogP contribution is 2.28. The second-order valence-electron chi connectivity index (χ2n) is 6.07. The van der Waals surface area contributed by atoms with E-state index in [1.807, 2.05) is 4.90 Å². The summed E-state index contributed by atoms with van der Waals surface area (Å²) in [6.45, 7) is 5.43. The number of piperidine rings is 1. The molecular formula is C19H22N2O. The van der Waals surface area contributed by atoms with Gasteiger partial charge in [-0.3, -0.25) is 9.78 Å². The summed E-state index contributed by atoms with van der Waals surface area (Å²) in [7, 11) is 0. The van der Waals surface area contributed by atoms with Gasteiger partial charge in [0.05, 0.1) is 5.69 Å². The first-order valence-electron chi connectivity index (χ1n) is 7.93. The molecule has 1 saturated heterocycles. The van der Waals surface area contributed by atoms with Crippen molar-refractivity contribution in [2.45, 2.75) is 32.6 Å². The molecule has 1 atom stereocenters. The van der Waals surface area contributed by atoms with Crippen molar-refractivity contribution >= 4 is 5.91 Å². The number of carbonyl (C=O) groups excluding carboxylic acids is 1. The molecule has 1 aliphatic heterocycles. The lowest BCUT2D eigenvalue weighted by Gasteiger charge is -2.31. The molecule has 3 rings (SSSR count). The van der Waals surface area contributed by atoms with Gasteiger partial charge in [0.25, 0.3) is 0 Å². The van der Waals surface area contributed by atoms with Crippen LogP contribution >= 0.6 is 0 Å². The fourth-order valence-electron chi connectivity index (χ4n) is 3.19. The van der Waals surface area contributed by atoms with Gasteiger partial charge in [-0.15, -0.1) is 0 Å². The van der Waals surface area contributed by atoms with E-state index in [1.54, 1.807) is 6.92 Å². The molecule has 1 aliphatic rings. The van der Waals surface area contributed by atoms with Crippen molar-refractivity contribution in [3.05, 3.63) is 53.7 Å². The second-order valence-corrected chi connectivity index (χ2v) is 6.07. The van der Waals surface area contributed by atoms with Crippen molar-refractivity contribution in [3.8, 4) is 11.3 Å². The van der Waals surface area contributed by atoms with Crippen LogP contribution in [0.5, 0.6) is 0 Å². The highest BCUT2D eigenvalue weighted by Gasteiger charge is 2.24. The molecule has 0 radical (unpaired) electrons. The number of nitrogens with zero attached hydrogens (tertiary/aromatic N) is 2. The third kappa shape index (κ3) is 3.03. The van der Waals surface area contributed by atoms with Gasteiger partial charge in [-0.1, -0.05) is 30.3 Å². The maximum absolute atomic E-state index is 11.6. The number of rotatable bonds is 2. The zero-order chi connectivity index (χ0) is 15.5. The van der Waals surface area contributed by atoms with Crippen molar-refractivity contribution in [1.82, 2.24) is 9.88 Å². The van der Waals surface area contributed by atoms with Crippen LogP contribution < -0.4 is 0 Å². The zero-order valence-corrected chi connectivity index (χ0v) is 13.2. The van der Waals surface area contributed by atoms with Gasteiger partial charge in [-0.25, -0.2) is 0 Å². The molecule has 0 N–H and O–H groups in total. The summed E-state index contributed by atoms with van der Waals surface area (Å²) in [5, 5.41) is 0. The average Bonchev–Trinajstić information content (AvgIpc) is 2.55. The Morgan fingerprint density at radius 3 is 2.77 bits per heavy atom. The Morgan fingerprint density at radius 2 is 2.00 bits per heavy atom. The van der Waals surface area contributed by atoms with Gasteiger partial charge in [0.1, 0.15) is 0 Å². The topological polar surface area (TPSA) is 33.2 Å². The largest absolute Gasteiger partial charge is 0.342 e. The third-order valence-corrected chi connectivity index (χ3v) is 4.48. The van der Waals surface area contributed by atoms with Crippen LogP contribution in [0.1, 0.15) is 36.9 Å². The predicted octanol–water partition coefficient (Wildman–Crippen LogP) is 3.78. The van der Waals surface area contributed by atoms with Gasteiger partial charge in [0.2, 0.25) is 5.91 Å². The van der Waals surface area contributed by atoms with Crippen molar-refractivity contribution in [1.29, 1.82) is 0 Å². The van der Waals surface area contributed by atoms with Gasteiger partial charge < -0.3 is 4.90 Å². The number of aromatic nitrogens is 1. The molecule has 0 saturated carbocycles. The molecule has 1 amide bonds. The summed E-state index contributed by atoms with van der Waals surface area (Å²) in [5.41, 5.74) is 4.55. The van der Waals surface area contributed by atoms with Gasteiger partial charge in [-0.2, -0.15) is 0 Å². The van der Waals surface area contributed by atoms with Crippen LogP contribution in [0.15, 0.2) is 42.5 Å². The summed E-state index contributed by atoms with van der Waals surface area (Å²) < 4.78 is 0. The first kappa shape index (κ1) is 14.8. The number of pyridine rings is 1. The minimum atomic E-state index is 0.166. The Bertz CT molecular complexity index is 681. The fraction of sp³-hybridized carbons (Fsp3) is 0.368. The lowest BCUT2D eigenvalue weighted by molar-refractivity contribution is -0.130. The van der Waals surface area contributed by atoms with E-state index in [4.69, 9.17) is 4.98 Å². The molecule has 0 bridgehead atoms. The number of aryl methyl sites for hydroxylation is 1. The van der Waals surface area contributed by atoms with Gasteiger partial charge >= 0.3 is 0 Å². The third-order valence-electron chi connectivity index (χ3n) is 4.48. The zero-order valence-electron chi connectivity index (χ0n) is 13.2. The molecule has 2 heterocycles. The highest BCUT2D eigenvalue weighted by molar-refractivity contribution is 5.73.